The zero-order valence-electron chi connectivity index (χ0n) is 37.6. The van der Waals surface area contributed by atoms with Gasteiger partial charge in [0.2, 0.25) is 0 Å². The van der Waals surface area contributed by atoms with E-state index in [-0.39, 0.29) is 26.5 Å². The molecule has 0 amide bonds. The summed E-state index contributed by atoms with van der Waals surface area (Å²) in [5.41, 5.74) is 15.6. The maximum atomic E-state index is 5.10. The Morgan fingerprint density at radius 1 is 0.537 bits per heavy atom. The number of rotatable bonds is 9. The van der Waals surface area contributed by atoms with E-state index in [2.05, 4.69) is 247 Å². The van der Waals surface area contributed by atoms with Gasteiger partial charge in [-0.25, -0.2) is 4.98 Å². The maximum absolute atomic E-state index is 5.10. The molecule has 0 saturated heterocycles. The molecule has 10 aromatic rings. The second-order valence-electron chi connectivity index (χ2n) is 18.4. The second kappa shape index (κ2) is 17.3. The molecule has 5 heteroatoms. The summed E-state index contributed by atoms with van der Waals surface area (Å²) in [4.78, 5) is 9.76. The zero-order chi connectivity index (χ0) is 44.2. The molecule has 0 bridgehead atoms. The molecule has 1 fully saturated rings. The first kappa shape index (κ1) is 42.6. The minimum absolute atomic E-state index is 0. The molecule has 0 atom stereocenters. The Balaban J connectivity index is 0.00000494. The normalized spacial score (nSPS) is 14.4. The van der Waals surface area contributed by atoms with Crippen LogP contribution in [0.2, 0.25) is 0 Å². The van der Waals surface area contributed by atoms with Crippen LogP contribution in [-0.2, 0) is 31.9 Å². The minimum Gasteiger partial charge on any atom is -0.493 e. The minimum atomic E-state index is -0.443. The van der Waals surface area contributed by atoms with Crippen molar-refractivity contribution in [2.45, 2.75) is 50.4 Å². The number of anilines is 4. The summed E-state index contributed by atoms with van der Waals surface area (Å²) in [7, 11) is 0. The molecule has 1 aliphatic carbocycles. The number of nitrogens with zero attached hydrogens (tertiary/aromatic N) is 4. The van der Waals surface area contributed by atoms with Gasteiger partial charge in [-0.05, 0) is 76.2 Å². The number of hydrogen-bond donors (Lipinski definition) is 0. The van der Waals surface area contributed by atoms with Crippen molar-refractivity contribution in [3.63, 3.8) is 0 Å². The van der Waals surface area contributed by atoms with Crippen molar-refractivity contribution >= 4 is 44.6 Å². The van der Waals surface area contributed by atoms with Crippen LogP contribution in [0.5, 0.6) is 0 Å². The smallest absolute Gasteiger partial charge is 0.135 e. The van der Waals surface area contributed by atoms with Gasteiger partial charge in [-0.2, -0.15) is 53.6 Å². The Morgan fingerprint density at radius 3 is 1.84 bits per heavy atom. The summed E-state index contributed by atoms with van der Waals surface area (Å²) in [6.45, 7) is 6.84. The van der Waals surface area contributed by atoms with Gasteiger partial charge in [-0.3, -0.25) is 0 Å². The van der Waals surface area contributed by atoms with Crippen LogP contribution >= 0.6 is 0 Å². The summed E-state index contributed by atoms with van der Waals surface area (Å²) < 4.78 is 2.34. The van der Waals surface area contributed by atoms with Crippen molar-refractivity contribution in [3.05, 3.63) is 247 Å². The predicted octanol–water partition coefficient (Wildman–Crippen LogP) is 15.7. The molecule has 67 heavy (non-hydrogen) atoms. The fourth-order valence-electron chi connectivity index (χ4n) is 10.9. The van der Waals surface area contributed by atoms with Gasteiger partial charge in [0.05, 0.1) is 0 Å². The molecule has 1 saturated carbocycles. The summed E-state index contributed by atoms with van der Waals surface area (Å²) in [6.07, 6.45) is 6.75. The van der Waals surface area contributed by atoms with Crippen molar-refractivity contribution in [2.24, 2.45) is 0 Å². The quantitative estimate of drug-likeness (QED) is 0.135. The molecule has 2 aromatic heterocycles. The zero-order valence-corrected chi connectivity index (χ0v) is 39.9. The Morgan fingerprint density at radius 2 is 1.13 bits per heavy atom. The van der Waals surface area contributed by atoms with Crippen LogP contribution in [-0.4, -0.2) is 9.55 Å². The molecular weight excluding hydrogens is 996 g/mol. The Kier molecular flexibility index (Phi) is 11.0. The SMILES string of the molecule is CC(C)(c1[c-]c(N2[CH-]N(c3c(-c4ccccc4)cccc3-c3ccccc3)c3ccccc32)ccc1)c1[c-]c2c(cc1)c1ccccc1n2-c1cc(C2(c3ccccc3)CCCC2)ccn1.[Pt]. The van der Waals surface area contributed by atoms with Crippen molar-refractivity contribution in [1.82, 2.24) is 9.55 Å². The van der Waals surface area contributed by atoms with Crippen LogP contribution in [0.3, 0.4) is 0 Å². The number of hydrogen-bond acceptors (Lipinski definition) is 3. The second-order valence-corrected chi connectivity index (χ2v) is 18.4. The van der Waals surface area contributed by atoms with Crippen LogP contribution in [0.4, 0.5) is 22.7 Å². The molecule has 8 aromatic carbocycles. The van der Waals surface area contributed by atoms with Gasteiger partial charge in [0.25, 0.3) is 0 Å². The number of fused-ring (bicyclic) bond motifs is 4. The van der Waals surface area contributed by atoms with Gasteiger partial charge in [-0.15, -0.1) is 17.7 Å². The molecule has 1 aliphatic heterocycles. The summed E-state index contributed by atoms with van der Waals surface area (Å²) in [6, 6.07) is 80.2. The van der Waals surface area contributed by atoms with E-state index < -0.39 is 5.41 Å². The third-order valence-corrected chi connectivity index (χ3v) is 14.4. The van der Waals surface area contributed by atoms with E-state index in [9.17, 15) is 0 Å². The molecule has 12 rings (SSSR count). The van der Waals surface area contributed by atoms with E-state index in [0.717, 1.165) is 63.6 Å². The topological polar surface area (TPSA) is 24.3 Å². The van der Waals surface area contributed by atoms with Crippen molar-refractivity contribution in [2.75, 3.05) is 9.80 Å². The average Bonchev–Trinajstić information content (AvgIpc) is 4.13. The molecule has 4 nitrogen and oxygen atoms in total. The van der Waals surface area contributed by atoms with Crippen LogP contribution in [0.1, 0.15) is 61.8 Å². The standard InChI is InChI=1S/C62H49N4.Pt/c1-61(2,48-34-35-54-53-28-12-13-31-55(53)66(58(54)41-48)59-42-49(36-39-63-59)62(37-16-17-38-62)46-24-10-5-11-25-46)47-26-18-27-50(40-47)64-43-65(57-33-15-14-32-56(57)64)60-51(44-20-6-3-7-21-44)29-19-30-52(60)45-22-8-4-9-23-45;/h3-15,18-36,39,42-43H,16-17,37-38H2,1-2H3;/q-3;. The first-order chi connectivity index (χ1) is 32.5. The number of aromatic nitrogens is 2. The van der Waals surface area contributed by atoms with Crippen molar-refractivity contribution in [3.8, 4) is 28.1 Å². The van der Waals surface area contributed by atoms with Gasteiger partial charge in [0.1, 0.15) is 5.82 Å². The molecule has 2 aliphatic rings. The van der Waals surface area contributed by atoms with Gasteiger partial charge >= 0.3 is 0 Å². The molecule has 3 heterocycles. The van der Waals surface area contributed by atoms with Crippen molar-refractivity contribution in [1.29, 1.82) is 0 Å². The Labute approximate surface area is 408 Å². The largest absolute Gasteiger partial charge is 0.493 e. The van der Waals surface area contributed by atoms with Crippen LogP contribution in [0, 0.1) is 18.8 Å². The Bertz CT molecular complexity index is 3330. The van der Waals surface area contributed by atoms with Crippen LogP contribution in [0.15, 0.2) is 206 Å². The molecule has 0 N–H and O–H groups in total. The van der Waals surface area contributed by atoms with E-state index in [0.29, 0.717) is 0 Å². The molecule has 0 spiro atoms. The molecular formula is C62H49N4Pt-3. The molecule has 0 radical (unpaired) electrons. The first-order valence-corrected chi connectivity index (χ1v) is 23.3. The fourth-order valence-corrected chi connectivity index (χ4v) is 10.9. The van der Waals surface area contributed by atoms with E-state index in [1.807, 2.05) is 6.20 Å². The monoisotopic (exact) mass is 1040 g/mol. The van der Waals surface area contributed by atoms with Gasteiger partial charge in [0, 0.05) is 66.4 Å². The van der Waals surface area contributed by atoms with Crippen LogP contribution in [0.25, 0.3) is 49.9 Å². The summed E-state index contributed by atoms with van der Waals surface area (Å²) in [5, 5.41) is 2.37. The van der Waals surface area contributed by atoms with Gasteiger partial charge < -0.3 is 14.4 Å². The van der Waals surface area contributed by atoms with E-state index in [1.54, 1.807) is 0 Å². The summed E-state index contributed by atoms with van der Waals surface area (Å²) >= 11 is 0. The number of benzene rings is 8. The Hall–Kier alpha value is -7.00. The average molecular weight is 1050 g/mol. The maximum Gasteiger partial charge on any atom is 0.135 e. The van der Waals surface area contributed by atoms with Gasteiger partial charge in [-0.1, -0.05) is 172 Å². The summed E-state index contributed by atoms with van der Waals surface area (Å²) in [5.74, 6) is 0.928. The third kappa shape index (κ3) is 7.21. The first-order valence-electron chi connectivity index (χ1n) is 23.3. The van der Waals surface area contributed by atoms with E-state index in [1.165, 1.54) is 57.0 Å². The van der Waals surface area contributed by atoms with E-state index in [4.69, 9.17) is 4.98 Å². The molecule has 330 valence electrons. The predicted molar refractivity (Wildman–Crippen MR) is 273 cm³/mol. The van der Waals surface area contributed by atoms with Crippen molar-refractivity contribution < 1.29 is 21.1 Å². The number of para-hydroxylation sites is 4. The fraction of sp³-hybridized carbons (Fsp3) is 0.129. The molecule has 0 unspecified atom stereocenters. The van der Waals surface area contributed by atoms with Gasteiger partial charge in [0.15, 0.2) is 0 Å². The third-order valence-electron chi connectivity index (χ3n) is 14.4. The number of pyridine rings is 1. The van der Waals surface area contributed by atoms with E-state index >= 15 is 0 Å². The van der Waals surface area contributed by atoms with Crippen LogP contribution < -0.4 is 9.80 Å².